The van der Waals surface area contributed by atoms with Gasteiger partial charge >= 0.3 is 18.1 Å². The van der Waals surface area contributed by atoms with Gasteiger partial charge in [0, 0.05) is 106 Å². The monoisotopic (exact) mass is 1130 g/mol. The second kappa shape index (κ2) is 25.0. The van der Waals surface area contributed by atoms with Crippen molar-refractivity contribution >= 4 is 60.8 Å². The van der Waals surface area contributed by atoms with E-state index in [0.29, 0.717) is 39.8 Å². The highest BCUT2D eigenvalue weighted by Gasteiger charge is 2.51. The molecule has 19 nitrogen and oxygen atoms in total. The fourth-order valence-electron chi connectivity index (χ4n) is 10.4. The third-order valence-corrected chi connectivity index (χ3v) is 15.4. The number of nitrogens with zero attached hydrogens (tertiary/aromatic N) is 4. The molecular formula is C56H73F3N6O13S. The molecular weight excluding hydrogens is 1050 g/mol. The smallest absolute Gasteiger partial charge is 0.507 e. The Morgan fingerprint density at radius 3 is 2.27 bits per heavy atom. The number of aromatic nitrogens is 1. The van der Waals surface area contributed by atoms with E-state index in [2.05, 4.69) is 38.8 Å². The van der Waals surface area contributed by atoms with Gasteiger partial charge in [-0.2, -0.15) is 0 Å². The van der Waals surface area contributed by atoms with Crippen molar-refractivity contribution < 1.29 is 76.8 Å². The molecule has 4 aliphatic rings. The minimum Gasteiger partial charge on any atom is -0.507 e. The summed E-state index contributed by atoms with van der Waals surface area (Å²) >= 11 is 1.11. The molecule has 3 aromatic carbocycles. The lowest BCUT2D eigenvalue weighted by Gasteiger charge is -2.38. The number of phenols is 2. The van der Waals surface area contributed by atoms with Crippen molar-refractivity contribution in [2.45, 2.75) is 131 Å². The number of ketones is 1. The van der Waals surface area contributed by atoms with Gasteiger partial charge in [-0.15, -0.1) is 13.2 Å². The van der Waals surface area contributed by atoms with Gasteiger partial charge in [-0.3, -0.25) is 19.4 Å². The molecule has 8 N–H and O–H groups in total. The van der Waals surface area contributed by atoms with Crippen molar-refractivity contribution in [3.63, 3.8) is 0 Å². The number of nitrogens with two attached hydrogens (primary N) is 1. The molecule has 9 atom stereocenters. The molecule has 0 radical (unpaired) electrons. The van der Waals surface area contributed by atoms with Crippen LogP contribution in [-0.2, 0) is 23.8 Å². The van der Waals surface area contributed by atoms with Crippen LogP contribution in [-0.4, -0.2) is 129 Å². The Hall–Kier alpha value is -6.37. The summed E-state index contributed by atoms with van der Waals surface area (Å²) in [6.45, 7) is 21.5. The van der Waals surface area contributed by atoms with Gasteiger partial charge in [0.15, 0.2) is 10.9 Å². The Balaban J connectivity index is 0.000000473. The summed E-state index contributed by atoms with van der Waals surface area (Å²) in [5.41, 5.74) is 5.86. The first-order chi connectivity index (χ1) is 37.0. The molecule has 1 fully saturated rings. The van der Waals surface area contributed by atoms with Crippen LogP contribution in [0.4, 0.5) is 24.0 Å². The number of allylic oxidation sites excluding steroid dienone is 2. The zero-order valence-corrected chi connectivity index (χ0v) is 47.3. The SMILES string of the molecule is CCO.CO[C@H]1/C=C/O[C@@]2(C)Oc3c(C)c(O)c4c(O)c(c5c(c4c3C2=O)NC2(CCN(CC(C)C)CC2)N=5)=NC(=O)/C(C)=C\C=C\[C@H](C)[C@H](O)[C@@H](C)[C@@H](O)[C@@H](C)[C@H](OC(C)=O)[C@@H]1C.Nc1nc2ccc(OC(F)(F)F)cc2s1. The minimum absolute atomic E-state index is 0.0538. The Morgan fingerprint density at radius 2 is 1.66 bits per heavy atom. The summed E-state index contributed by atoms with van der Waals surface area (Å²) in [5, 5.41) is 58.4. The molecule has 432 valence electrons. The van der Waals surface area contributed by atoms with E-state index < -0.39 is 89.3 Å². The molecule has 0 aliphatic carbocycles. The van der Waals surface area contributed by atoms with Crippen LogP contribution in [0.15, 0.2) is 64.3 Å². The lowest BCUT2D eigenvalue weighted by atomic mass is 9.78. The standard InChI is InChI=1S/C46H62N4O11.C8H5F3N2OS.C2H6O/c1-22(2)21-50-18-16-46(17-19-50)48-34-31-32-39(54)28(8)42-33(31)43(56)45(10,61-42)59-20-15-30(58-11)25(5)41(60-29(9)51)27(7)38(53)26(6)37(52)23(3)13-12-14-24(4)44(57)47-36(40(32)55)35(34)49-46;9-8(10,11)14-4-1-2-5-6(3-4)15-7(12)13-5;1-2-3/h12-15,20,22-23,25-27,30,37-38,41,48,52-55H,16-19,21H2,1-11H3;1-3H,(H2,12,13);3H,2H2,1H3/b13-12+,20-15+,24-14-,47-36?;;/t23-,25+,26+,27+,30-,37-,38+,41+,45-;;/m0../s1. The highest BCUT2D eigenvalue weighted by molar-refractivity contribution is 7.22. The molecule has 8 rings (SSSR count). The number of piperidine rings is 1. The highest BCUT2D eigenvalue weighted by atomic mass is 32.1. The number of fused-ring (bicyclic) bond motifs is 2. The zero-order valence-electron chi connectivity index (χ0n) is 46.5. The second-order valence-electron chi connectivity index (χ2n) is 21.0. The first kappa shape index (κ1) is 61.8. The van der Waals surface area contributed by atoms with E-state index >= 15 is 0 Å². The lowest BCUT2D eigenvalue weighted by molar-refractivity contribution is -0.274. The number of methoxy groups -OCH3 is 1. The summed E-state index contributed by atoms with van der Waals surface area (Å²) in [4.78, 5) is 56.8. The van der Waals surface area contributed by atoms with Gasteiger partial charge in [0.05, 0.1) is 51.4 Å². The van der Waals surface area contributed by atoms with E-state index in [0.717, 1.165) is 31.0 Å². The van der Waals surface area contributed by atoms with Crippen LogP contribution in [0.2, 0.25) is 0 Å². The van der Waals surface area contributed by atoms with E-state index in [1.54, 1.807) is 72.8 Å². The van der Waals surface area contributed by atoms with E-state index in [1.807, 2.05) is 0 Å². The number of alkyl halides is 3. The number of carbonyl (C=O) groups excluding carboxylic acids is 3. The van der Waals surface area contributed by atoms with Gasteiger partial charge in [0.25, 0.3) is 11.7 Å². The van der Waals surface area contributed by atoms with Crippen LogP contribution in [0.5, 0.6) is 23.0 Å². The topological polar surface area (TPSA) is 277 Å². The van der Waals surface area contributed by atoms with E-state index in [-0.39, 0.29) is 62.0 Å². The number of aromatic hydroxyl groups is 2. The maximum absolute atomic E-state index is 14.7. The first-order valence-corrected chi connectivity index (χ1v) is 26.9. The molecule has 1 saturated heterocycles. The number of ether oxygens (including phenoxy) is 5. The minimum atomic E-state index is -4.68. The molecule has 5 heterocycles. The van der Waals surface area contributed by atoms with E-state index in [1.165, 1.54) is 45.4 Å². The maximum atomic E-state index is 14.7. The van der Waals surface area contributed by atoms with Gasteiger partial charge in [-0.25, -0.2) is 9.98 Å². The van der Waals surface area contributed by atoms with Crippen LogP contribution in [0.3, 0.4) is 0 Å². The number of rotatable bonds is 5. The number of halogens is 3. The summed E-state index contributed by atoms with van der Waals surface area (Å²) in [6.07, 6.45) is 0.396. The third-order valence-electron chi connectivity index (χ3n) is 14.5. The van der Waals surface area contributed by atoms with Crippen molar-refractivity contribution in [2.24, 2.45) is 39.6 Å². The number of benzene rings is 3. The van der Waals surface area contributed by atoms with E-state index in [4.69, 9.17) is 34.8 Å². The van der Waals surface area contributed by atoms with Gasteiger partial charge in [-0.1, -0.05) is 71.1 Å². The molecule has 4 aromatic rings. The van der Waals surface area contributed by atoms with Crippen LogP contribution >= 0.6 is 11.3 Å². The molecule has 4 aliphatic heterocycles. The Bertz CT molecular complexity index is 3140. The predicted molar refractivity (Wildman–Crippen MR) is 291 cm³/mol. The number of nitrogen functional groups attached to an aromatic ring is 1. The number of hydrogen-bond donors (Lipinski definition) is 7. The first-order valence-electron chi connectivity index (χ1n) is 26.1. The number of esters is 1. The van der Waals surface area contributed by atoms with Crippen molar-refractivity contribution in [1.82, 2.24) is 9.88 Å². The molecule has 4 bridgehead atoms. The van der Waals surface area contributed by atoms with Gasteiger partial charge in [0.2, 0.25) is 0 Å². The summed E-state index contributed by atoms with van der Waals surface area (Å²) in [6, 6.07) is 3.90. The quantitative estimate of drug-likeness (QED) is 0.0751. The normalized spacial score (nSPS) is 27.7. The molecule has 23 heteroatoms. The second-order valence-corrected chi connectivity index (χ2v) is 22.1. The molecule has 0 unspecified atom stereocenters. The third kappa shape index (κ3) is 13.6. The Labute approximate surface area is 460 Å². The molecule has 79 heavy (non-hydrogen) atoms. The molecule has 1 aromatic heterocycles. The number of phenolic OH excluding ortho intramolecular Hbond substituents is 2. The number of anilines is 2. The van der Waals surface area contributed by atoms with Gasteiger partial charge in [-0.05, 0) is 44.9 Å². The summed E-state index contributed by atoms with van der Waals surface area (Å²) in [7, 11) is 1.47. The molecule has 1 amide bonds. The number of amides is 1. The van der Waals surface area contributed by atoms with Gasteiger partial charge < -0.3 is 65.2 Å². The largest absolute Gasteiger partial charge is 0.573 e. The Morgan fingerprint density at radius 1 is 1.00 bits per heavy atom. The number of hydrogen-bond acceptors (Lipinski definition) is 19. The van der Waals surface area contributed by atoms with Crippen LogP contribution in [0, 0.1) is 36.5 Å². The van der Waals surface area contributed by atoms with Crippen molar-refractivity contribution in [3.8, 4) is 23.0 Å². The highest BCUT2D eigenvalue weighted by Crippen LogP contribution is 2.51. The fourth-order valence-corrected chi connectivity index (χ4v) is 11.1. The lowest BCUT2D eigenvalue weighted by Crippen LogP contribution is -2.47. The number of carbonyl (C=O) groups is 3. The predicted octanol–water partition coefficient (Wildman–Crippen LogP) is 7.53. The zero-order chi connectivity index (χ0) is 58.6. The van der Waals surface area contributed by atoms with Crippen molar-refractivity contribution in [2.75, 3.05) is 44.4 Å². The van der Waals surface area contributed by atoms with Crippen LogP contribution in [0.25, 0.3) is 21.0 Å². The molecule has 1 spiro atoms. The summed E-state index contributed by atoms with van der Waals surface area (Å²) < 4.78 is 64.0. The number of likely N-dealkylation sites (tertiary alicyclic amines) is 1. The maximum Gasteiger partial charge on any atom is 0.573 e. The van der Waals surface area contributed by atoms with Crippen LogP contribution in [0.1, 0.15) is 98.0 Å². The fraction of sp³-hybridized carbons (Fsp3) is 0.536. The average molecular weight is 1130 g/mol. The van der Waals surface area contributed by atoms with E-state index in [9.17, 15) is 48.0 Å². The number of aliphatic hydroxyl groups is 3. The van der Waals surface area contributed by atoms with Gasteiger partial charge in [0.1, 0.15) is 39.7 Å². The number of thiazole rings is 1. The van der Waals surface area contributed by atoms with Crippen LogP contribution < -0.4 is 31.2 Å². The van der Waals surface area contributed by atoms with Crippen molar-refractivity contribution in [1.29, 1.82) is 0 Å². The Kier molecular flexibility index (Phi) is 19.5. The number of nitrogens with one attached hydrogen (secondary N) is 1. The number of aliphatic hydroxyl groups excluding tert-OH is 3. The molecule has 0 saturated carbocycles. The van der Waals surface area contributed by atoms with Crippen molar-refractivity contribution in [3.05, 3.63) is 76.2 Å². The number of Topliss-reactive ketones (excluding diaryl/α,β-unsaturated/α-hetero) is 1. The summed E-state index contributed by atoms with van der Waals surface area (Å²) in [5.74, 6) is -6.83. The average Bonchev–Trinajstić information content (AvgIpc) is 4.24.